The molecule has 0 aliphatic carbocycles. The number of nitrogens with one attached hydrogen (secondary N) is 2. The number of benzene rings is 2. The molecule has 2 N–H and O–H groups in total. The topological polar surface area (TPSA) is 93.7 Å². The van der Waals surface area contributed by atoms with Crippen molar-refractivity contribution in [3.8, 4) is 11.5 Å². The standard InChI is InChI=1S/C21H16N2O5S/c1-12(24)18-7-8-19(29-18)21(26)23-15-4-2-3-14(10-15)22-20(25)13-5-6-16-17(9-13)28-11-27-16/h2-10H,11H2,1H3,(H,22,25)(H,23,26). The van der Waals surface area contributed by atoms with Crippen LogP contribution in [0.3, 0.4) is 0 Å². The molecule has 4 rings (SSSR count). The van der Waals surface area contributed by atoms with Crippen LogP contribution in [-0.4, -0.2) is 24.4 Å². The van der Waals surface area contributed by atoms with Crippen molar-refractivity contribution in [2.75, 3.05) is 17.4 Å². The average Bonchev–Trinajstić information content (AvgIpc) is 3.37. The fraction of sp³-hybridized carbons (Fsp3) is 0.0952. The van der Waals surface area contributed by atoms with Crippen LogP contribution in [0.4, 0.5) is 11.4 Å². The van der Waals surface area contributed by atoms with Crippen molar-refractivity contribution in [2.24, 2.45) is 0 Å². The number of amides is 2. The number of anilines is 2. The molecule has 7 nitrogen and oxygen atoms in total. The lowest BCUT2D eigenvalue weighted by molar-refractivity contribution is 0.101. The van der Waals surface area contributed by atoms with E-state index in [1.54, 1.807) is 54.6 Å². The third-order valence-corrected chi connectivity index (χ3v) is 5.37. The molecule has 0 radical (unpaired) electrons. The zero-order valence-electron chi connectivity index (χ0n) is 15.4. The molecule has 29 heavy (non-hydrogen) atoms. The van der Waals surface area contributed by atoms with Crippen LogP contribution >= 0.6 is 11.3 Å². The van der Waals surface area contributed by atoms with Gasteiger partial charge in [-0.15, -0.1) is 11.3 Å². The largest absolute Gasteiger partial charge is 0.454 e. The van der Waals surface area contributed by atoms with Crippen LogP contribution < -0.4 is 20.1 Å². The summed E-state index contributed by atoms with van der Waals surface area (Å²) >= 11 is 1.14. The van der Waals surface area contributed by atoms with Crippen LogP contribution in [-0.2, 0) is 0 Å². The first-order chi connectivity index (χ1) is 14.0. The Kier molecular flexibility index (Phi) is 5.01. The van der Waals surface area contributed by atoms with E-state index in [9.17, 15) is 14.4 Å². The summed E-state index contributed by atoms with van der Waals surface area (Å²) in [6, 6.07) is 15.0. The van der Waals surface area contributed by atoms with Gasteiger partial charge in [-0.25, -0.2) is 0 Å². The maximum Gasteiger partial charge on any atom is 0.265 e. The highest BCUT2D eigenvalue weighted by atomic mass is 32.1. The van der Waals surface area contributed by atoms with Crippen molar-refractivity contribution in [3.63, 3.8) is 0 Å². The second-order valence-electron chi connectivity index (χ2n) is 6.28. The van der Waals surface area contributed by atoms with Gasteiger partial charge >= 0.3 is 0 Å². The SMILES string of the molecule is CC(=O)c1ccc(C(=O)Nc2cccc(NC(=O)c3ccc4c(c3)OCO4)c2)s1. The molecule has 0 atom stereocenters. The summed E-state index contributed by atoms with van der Waals surface area (Å²) in [5, 5.41) is 5.56. The fourth-order valence-corrected chi connectivity index (χ4v) is 3.55. The van der Waals surface area contributed by atoms with E-state index in [0.29, 0.717) is 38.2 Å². The third kappa shape index (κ3) is 4.12. The molecule has 146 valence electrons. The number of ketones is 1. The molecule has 3 aromatic rings. The first kappa shape index (κ1) is 18.7. The van der Waals surface area contributed by atoms with Crippen molar-refractivity contribution < 1.29 is 23.9 Å². The predicted octanol–water partition coefficient (Wildman–Crippen LogP) is 4.18. The summed E-state index contributed by atoms with van der Waals surface area (Å²) in [7, 11) is 0. The number of Topliss-reactive ketones (excluding diaryl/α,β-unsaturated/α-hetero) is 1. The van der Waals surface area contributed by atoms with Crippen molar-refractivity contribution >= 4 is 40.3 Å². The Morgan fingerprint density at radius 1 is 0.828 bits per heavy atom. The summed E-state index contributed by atoms with van der Waals surface area (Å²) < 4.78 is 10.5. The molecule has 2 aromatic carbocycles. The molecule has 0 unspecified atom stereocenters. The van der Waals surface area contributed by atoms with E-state index >= 15 is 0 Å². The normalized spacial score (nSPS) is 11.8. The van der Waals surface area contributed by atoms with E-state index in [4.69, 9.17) is 9.47 Å². The van der Waals surface area contributed by atoms with Gasteiger partial charge in [0.15, 0.2) is 17.3 Å². The van der Waals surface area contributed by atoms with E-state index in [0.717, 1.165) is 11.3 Å². The zero-order chi connectivity index (χ0) is 20.4. The highest BCUT2D eigenvalue weighted by Gasteiger charge is 2.17. The molecular weight excluding hydrogens is 392 g/mol. The van der Waals surface area contributed by atoms with Crippen LogP contribution in [0.5, 0.6) is 11.5 Å². The molecule has 0 saturated heterocycles. The van der Waals surface area contributed by atoms with Crippen LogP contribution in [0.25, 0.3) is 0 Å². The van der Waals surface area contributed by atoms with Crippen molar-refractivity contribution in [1.82, 2.24) is 0 Å². The van der Waals surface area contributed by atoms with Gasteiger partial charge in [0, 0.05) is 16.9 Å². The smallest absolute Gasteiger partial charge is 0.265 e. The molecule has 1 aromatic heterocycles. The van der Waals surface area contributed by atoms with Crippen LogP contribution in [0.1, 0.15) is 36.6 Å². The second-order valence-corrected chi connectivity index (χ2v) is 7.36. The number of carbonyl (C=O) groups excluding carboxylic acids is 3. The van der Waals surface area contributed by atoms with Crippen LogP contribution in [0, 0.1) is 0 Å². The first-order valence-corrected chi connectivity index (χ1v) is 9.54. The molecule has 1 aliphatic rings. The molecule has 1 aliphatic heterocycles. The Morgan fingerprint density at radius 2 is 1.52 bits per heavy atom. The summed E-state index contributed by atoms with van der Waals surface area (Å²) in [5.74, 6) is 0.424. The zero-order valence-corrected chi connectivity index (χ0v) is 16.2. The Morgan fingerprint density at radius 3 is 2.24 bits per heavy atom. The van der Waals surface area contributed by atoms with Crippen molar-refractivity contribution in [1.29, 1.82) is 0 Å². The number of carbonyl (C=O) groups is 3. The molecule has 0 bridgehead atoms. The third-order valence-electron chi connectivity index (χ3n) is 4.19. The molecule has 0 fully saturated rings. The number of fused-ring (bicyclic) bond motifs is 1. The molecule has 0 spiro atoms. The van der Waals surface area contributed by atoms with Gasteiger partial charge in [-0.05, 0) is 55.5 Å². The predicted molar refractivity (Wildman–Crippen MR) is 109 cm³/mol. The lowest BCUT2D eigenvalue weighted by Gasteiger charge is -2.09. The van der Waals surface area contributed by atoms with E-state index in [2.05, 4.69) is 10.6 Å². The maximum absolute atomic E-state index is 12.5. The quantitative estimate of drug-likeness (QED) is 0.618. The number of hydrogen-bond donors (Lipinski definition) is 2. The van der Waals surface area contributed by atoms with E-state index in [1.165, 1.54) is 6.92 Å². The average molecular weight is 408 g/mol. The Bertz CT molecular complexity index is 1120. The lowest BCUT2D eigenvalue weighted by atomic mass is 10.2. The van der Waals surface area contributed by atoms with Crippen molar-refractivity contribution in [3.05, 3.63) is 69.9 Å². The van der Waals surface area contributed by atoms with Gasteiger partial charge in [0.2, 0.25) is 6.79 Å². The number of ether oxygens (including phenoxy) is 2. The monoisotopic (exact) mass is 408 g/mol. The maximum atomic E-state index is 12.5. The minimum absolute atomic E-state index is 0.0812. The molecule has 8 heteroatoms. The highest BCUT2D eigenvalue weighted by molar-refractivity contribution is 7.16. The summed E-state index contributed by atoms with van der Waals surface area (Å²) in [4.78, 5) is 37.3. The number of thiophene rings is 1. The second kappa shape index (κ2) is 7.76. The van der Waals surface area contributed by atoms with Crippen LogP contribution in [0.15, 0.2) is 54.6 Å². The number of rotatable bonds is 5. The Labute approximate surface area is 170 Å². The first-order valence-electron chi connectivity index (χ1n) is 8.73. The summed E-state index contributed by atoms with van der Waals surface area (Å²) in [6.07, 6.45) is 0. The Balaban J connectivity index is 1.44. The Hall–Kier alpha value is -3.65. The van der Waals surface area contributed by atoms with Gasteiger partial charge in [0.25, 0.3) is 11.8 Å². The molecule has 2 heterocycles. The summed E-state index contributed by atoms with van der Waals surface area (Å²) in [5.41, 5.74) is 1.48. The van der Waals surface area contributed by atoms with Crippen LogP contribution in [0.2, 0.25) is 0 Å². The minimum atomic E-state index is -0.318. The van der Waals surface area contributed by atoms with Gasteiger partial charge in [0.05, 0.1) is 9.75 Å². The van der Waals surface area contributed by atoms with Gasteiger partial charge in [-0.1, -0.05) is 6.07 Å². The lowest BCUT2D eigenvalue weighted by Crippen LogP contribution is -2.13. The van der Waals surface area contributed by atoms with E-state index < -0.39 is 0 Å². The van der Waals surface area contributed by atoms with E-state index in [1.807, 2.05) is 0 Å². The molecular formula is C21H16N2O5S. The minimum Gasteiger partial charge on any atom is -0.454 e. The van der Waals surface area contributed by atoms with Gasteiger partial charge < -0.3 is 20.1 Å². The summed E-state index contributed by atoms with van der Waals surface area (Å²) in [6.45, 7) is 1.60. The highest BCUT2D eigenvalue weighted by Crippen LogP contribution is 2.32. The van der Waals surface area contributed by atoms with Gasteiger partial charge in [0.1, 0.15) is 0 Å². The fourth-order valence-electron chi connectivity index (χ4n) is 2.76. The van der Waals surface area contributed by atoms with Gasteiger partial charge in [-0.3, -0.25) is 14.4 Å². The van der Waals surface area contributed by atoms with Gasteiger partial charge in [-0.2, -0.15) is 0 Å². The van der Waals surface area contributed by atoms with E-state index in [-0.39, 0.29) is 24.4 Å². The molecule has 2 amide bonds. The molecule has 0 saturated carbocycles. The number of hydrogen-bond acceptors (Lipinski definition) is 6. The van der Waals surface area contributed by atoms with Crippen molar-refractivity contribution in [2.45, 2.75) is 6.92 Å².